The minimum absolute atomic E-state index is 0.0259. The van der Waals surface area contributed by atoms with Crippen LogP contribution in [0, 0.1) is 13.8 Å². The number of para-hydroxylation sites is 1. The minimum atomic E-state index is -0.164. The maximum Gasteiger partial charge on any atom is 0.261 e. The topological polar surface area (TPSA) is 55.2 Å². The van der Waals surface area contributed by atoms with Crippen LogP contribution in [0.1, 0.15) is 35.6 Å². The van der Waals surface area contributed by atoms with Gasteiger partial charge in [0.15, 0.2) is 0 Å². The van der Waals surface area contributed by atoms with Crippen LogP contribution in [0.4, 0.5) is 0 Å². The van der Waals surface area contributed by atoms with Gasteiger partial charge in [-0.05, 0) is 43.9 Å². The molecule has 1 aliphatic rings. The van der Waals surface area contributed by atoms with Crippen molar-refractivity contribution in [3.8, 4) is 0 Å². The first kappa shape index (κ1) is 17.5. The zero-order valence-corrected chi connectivity index (χ0v) is 15.7. The number of rotatable bonds is 3. The second-order valence-electron chi connectivity index (χ2n) is 7.30. The number of benzene rings is 2. The smallest absolute Gasteiger partial charge is 0.261 e. The second kappa shape index (κ2) is 6.99. The molecule has 1 amide bonds. The lowest BCUT2D eigenvalue weighted by Gasteiger charge is -2.25. The fourth-order valence-electron chi connectivity index (χ4n) is 3.89. The van der Waals surface area contributed by atoms with Crippen LogP contribution in [0.2, 0.25) is 0 Å². The third-order valence-electron chi connectivity index (χ3n) is 5.40. The van der Waals surface area contributed by atoms with Gasteiger partial charge < -0.3 is 4.90 Å². The summed E-state index contributed by atoms with van der Waals surface area (Å²) in [6.07, 6.45) is 3.43. The van der Waals surface area contributed by atoms with Crippen molar-refractivity contribution in [1.82, 2.24) is 14.5 Å². The number of fused-ring (bicyclic) bond motifs is 1. The van der Waals surface area contributed by atoms with E-state index in [0.717, 1.165) is 30.5 Å². The highest BCUT2D eigenvalue weighted by molar-refractivity contribution is 5.81. The SMILES string of the molecule is Cc1ccc([C@H]2CCCN2C(=O)Cn2cnc3c(C)cccc3c2=O)cc1. The van der Waals surface area contributed by atoms with E-state index < -0.39 is 0 Å². The summed E-state index contributed by atoms with van der Waals surface area (Å²) in [6, 6.07) is 14.0. The van der Waals surface area contributed by atoms with Gasteiger partial charge in [-0.1, -0.05) is 42.0 Å². The third kappa shape index (κ3) is 3.25. The van der Waals surface area contributed by atoms with Crippen molar-refractivity contribution in [1.29, 1.82) is 0 Å². The van der Waals surface area contributed by atoms with Crippen molar-refractivity contribution in [3.63, 3.8) is 0 Å². The molecule has 2 heterocycles. The summed E-state index contributed by atoms with van der Waals surface area (Å²) >= 11 is 0. The van der Waals surface area contributed by atoms with Crippen molar-refractivity contribution < 1.29 is 4.79 Å². The summed E-state index contributed by atoms with van der Waals surface area (Å²) in [7, 11) is 0. The van der Waals surface area contributed by atoms with Crippen LogP contribution >= 0.6 is 0 Å². The molecular formula is C22H23N3O2. The van der Waals surface area contributed by atoms with Crippen LogP contribution in [0.3, 0.4) is 0 Å². The molecule has 5 nitrogen and oxygen atoms in total. The van der Waals surface area contributed by atoms with Crippen LogP contribution in [0.25, 0.3) is 10.9 Å². The Morgan fingerprint density at radius 3 is 2.70 bits per heavy atom. The zero-order chi connectivity index (χ0) is 19.0. The molecule has 3 aromatic rings. The number of aryl methyl sites for hydroxylation is 2. The molecule has 0 unspecified atom stereocenters. The van der Waals surface area contributed by atoms with Gasteiger partial charge in [-0.25, -0.2) is 4.98 Å². The second-order valence-corrected chi connectivity index (χ2v) is 7.30. The summed E-state index contributed by atoms with van der Waals surface area (Å²) in [5.41, 5.74) is 3.86. The molecule has 5 heteroatoms. The maximum atomic E-state index is 13.0. The highest BCUT2D eigenvalue weighted by Gasteiger charge is 2.30. The molecule has 2 aromatic carbocycles. The van der Waals surface area contributed by atoms with Crippen LogP contribution in [-0.4, -0.2) is 26.9 Å². The van der Waals surface area contributed by atoms with Crippen molar-refractivity contribution in [3.05, 3.63) is 75.8 Å². The van der Waals surface area contributed by atoms with Crippen LogP contribution in [0.15, 0.2) is 53.6 Å². The highest BCUT2D eigenvalue weighted by Crippen LogP contribution is 2.32. The van der Waals surface area contributed by atoms with Crippen molar-refractivity contribution in [2.24, 2.45) is 0 Å². The highest BCUT2D eigenvalue weighted by atomic mass is 16.2. The number of hydrogen-bond acceptors (Lipinski definition) is 3. The Bertz CT molecular complexity index is 1050. The quantitative estimate of drug-likeness (QED) is 0.719. The Balaban J connectivity index is 1.60. The van der Waals surface area contributed by atoms with Gasteiger partial charge in [0.1, 0.15) is 6.54 Å². The molecule has 4 rings (SSSR count). The predicted octanol–water partition coefficient (Wildman–Crippen LogP) is 3.38. The number of likely N-dealkylation sites (tertiary alicyclic amines) is 1. The van der Waals surface area contributed by atoms with Gasteiger partial charge >= 0.3 is 0 Å². The van der Waals surface area contributed by atoms with Gasteiger partial charge in [0, 0.05) is 6.54 Å². The van der Waals surface area contributed by atoms with Gasteiger partial charge in [0.2, 0.25) is 5.91 Å². The number of carbonyl (C=O) groups is 1. The standard InChI is InChI=1S/C22H23N3O2/c1-15-8-10-17(11-9-15)19-7-4-12-25(19)20(26)13-24-14-23-21-16(2)5-3-6-18(21)22(24)27/h3,5-6,8-11,14,19H,4,7,12-13H2,1-2H3/t19-/m1/s1. The molecule has 0 saturated carbocycles. The summed E-state index contributed by atoms with van der Waals surface area (Å²) < 4.78 is 1.43. The van der Waals surface area contributed by atoms with Gasteiger partial charge in [0.05, 0.1) is 23.3 Å². The van der Waals surface area contributed by atoms with Crippen LogP contribution in [-0.2, 0) is 11.3 Å². The Hall–Kier alpha value is -2.95. The number of hydrogen-bond donors (Lipinski definition) is 0. The van der Waals surface area contributed by atoms with Crippen molar-refractivity contribution >= 4 is 16.8 Å². The fourth-order valence-corrected chi connectivity index (χ4v) is 3.89. The van der Waals surface area contributed by atoms with Gasteiger partial charge in [-0.2, -0.15) is 0 Å². The van der Waals surface area contributed by atoms with Crippen LogP contribution < -0.4 is 5.56 Å². The molecule has 0 aliphatic carbocycles. The van der Waals surface area contributed by atoms with E-state index in [1.165, 1.54) is 16.5 Å². The molecule has 0 spiro atoms. The summed E-state index contributed by atoms with van der Waals surface area (Å²) in [5.74, 6) is -0.0334. The first-order valence-corrected chi connectivity index (χ1v) is 9.35. The molecule has 0 bridgehead atoms. The van der Waals surface area contributed by atoms with E-state index >= 15 is 0 Å². The van der Waals surface area contributed by atoms with E-state index in [1.54, 1.807) is 6.07 Å². The molecule has 27 heavy (non-hydrogen) atoms. The first-order chi connectivity index (χ1) is 13.0. The Kier molecular flexibility index (Phi) is 4.52. The molecular weight excluding hydrogens is 338 g/mol. The molecule has 0 radical (unpaired) electrons. The van der Waals surface area contributed by atoms with Gasteiger partial charge in [-0.3, -0.25) is 14.2 Å². The molecule has 1 aromatic heterocycles. The molecule has 138 valence electrons. The van der Waals surface area contributed by atoms with Gasteiger partial charge in [0.25, 0.3) is 5.56 Å². The average molecular weight is 361 g/mol. The van der Waals surface area contributed by atoms with Gasteiger partial charge in [-0.15, -0.1) is 0 Å². The molecule has 1 saturated heterocycles. The van der Waals surface area contributed by atoms with E-state index in [-0.39, 0.29) is 24.1 Å². The number of aromatic nitrogens is 2. The van der Waals surface area contributed by atoms with Crippen molar-refractivity contribution in [2.45, 2.75) is 39.3 Å². The number of nitrogens with zero attached hydrogens (tertiary/aromatic N) is 3. The van der Waals surface area contributed by atoms with E-state index in [0.29, 0.717) is 10.9 Å². The van der Waals surface area contributed by atoms with E-state index in [2.05, 4.69) is 36.2 Å². The summed E-state index contributed by atoms with van der Waals surface area (Å²) in [5, 5.41) is 0.557. The average Bonchev–Trinajstić information content (AvgIpc) is 3.15. The minimum Gasteiger partial charge on any atom is -0.334 e. The van der Waals surface area contributed by atoms with E-state index in [9.17, 15) is 9.59 Å². The molecule has 1 fully saturated rings. The molecule has 1 atom stereocenters. The largest absolute Gasteiger partial charge is 0.334 e. The maximum absolute atomic E-state index is 13.0. The lowest BCUT2D eigenvalue weighted by Crippen LogP contribution is -2.36. The summed E-state index contributed by atoms with van der Waals surface area (Å²) in [4.78, 5) is 32.0. The van der Waals surface area contributed by atoms with E-state index in [4.69, 9.17) is 0 Å². The van der Waals surface area contributed by atoms with E-state index in [1.807, 2.05) is 24.0 Å². The van der Waals surface area contributed by atoms with Crippen molar-refractivity contribution in [2.75, 3.05) is 6.54 Å². The molecule has 0 N–H and O–H groups in total. The monoisotopic (exact) mass is 361 g/mol. The van der Waals surface area contributed by atoms with Crippen LogP contribution in [0.5, 0.6) is 0 Å². The number of amides is 1. The Morgan fingerprint density at radius 2 is 1.93 bits per heavy atom. The predicted molar refractivity (Wildman–Crippen MR) is 106 cm³/mol. The normalized spacial score (nSPS) is 16.8. The zero-order valence-electron chi connectivity index (χ0n) is 15.7. The fraction of sp³-hybridized carbons (Fsp3) is 0.318. The lowest BCUT2D eigenvalue weighted by atomic mass is 10.0. The molecule has 1 aliphatic heterocycles. The summed E-state index contributed by atoms with van der Waals surface area (Å²) in [6.45, 7) is 4.74. The Morgan fingerprint density at radius 1 is 1.15 bits per heavy atom. The number of carbonyl (C=O) groups excluding carboxylic acids is 1. The lowest BCUT2D eigenvalue weighted by molar-refractivity contribution is -0.132. The Labute approximate surface area is 158 Å². The first-order valence-electron chi connectivity index (χ1n) is 9.35. The third-order valence-corrected chi connectivity index (χ3v) is 5.40.